The van der Waals surface area contributed by atoms with Crippen molar-refractivity contribution in [1.82, 2.24) is 10.3 Å². The van der Waals surface area contributed by atoms with Crippen LogP contribution in [0.1, 0.15) is 29.7 Å². The fourth-order valence-electron chi connectivity index (χ4n) is 3.52. The van der Waals surface area contributed by atoms with E-state index in [1.807, 2.05) is 6.92 Å². The maximum Gasteiger partial charge on any atom is 0.294 e. The molecular formula is C21H27N3O4S2. The first-order chi connectivity index (χ1) is 13.8. The number of thiazole rings is 1. The van der Waals surface area contributed by atoms with Gasteiger partial charge in [0.2, 0.25) is 0 Å². The molecule has 1 aliphatic rings. The highest BCUT2D eigenvalue weighted by atomic mass is 32.2. The number of nitrogens with one attached hydrogen (secondary N) is 1. The Morgan fingerprint density at radius 3 is 2.17 bits per heavy atom. The second-order valence-corrected chi connectivity index (χ2v) is 9.37. The van der Waals surface area contributed by atoms with Crippen LogP contribution in [-0.4, -0.2) is 36.5 Å². The molecule has 162 valence electrons. The Morgan fingerprint density at radius 2 is 1.67 bits per heavy atom. The summed E-state index contributed by atoms with van der Waals surface area (Å²) in [7, 11) is -4.02. The number of aryl methyl sites for hydroxylation is 1. The Morgan fingerprint density at radius 1 is 1.07 bits per heavy atom. The van der Waals surface area contributed by atoms with Crippen molar-refractivity contribution < 1.29 is 18.4 Å². The number of nitrogens with zero attached hydrogens (tertiary/aromatic N) is 1. The van der Waals surface area contributed by atoms with E-state index < -0.39 is 10.1 Å². The van der Waals surface area contributed by atoms with Crippen LogP contribution in [0.25, 0.3) is 0 Å². The highest BCUT2D eigenvalue weighted by Crippen LogP contribution is 2.40. The topological polar surface area (TPSA) is 137 Å². The van der Waals surface area contributed by atoms with Crippen molar-refractivity contribution in [2.45, 2.75) is 30.1 Å². The molecule has 30 heavy (non-hydrogen) atoms. The Kier molecular flexibility index (Phi) is 8.10. The molecule has 3 aromatic rings. The summed E-state index contributed by atoms with van der Waals surface area (Å²) in [4.78, 5) is 4.48. The van der Waals surface area contributed by atoms with E-state index in [2.05, 4.69) is 46.0 Å². The SMILES string of the molecule is Cc1ccc(S(=O)(=O)O)cc1.Nc1nc(C2(c3ccccc3)CCNCC2)cs1.O. The first kappa shape index (κ1) is 24.0. The summed E-state index contributed by atoms with van der Waals surface area (Å²) in [5.74, 6) is 0. The van der Waals surface area contributed by atoms with Crippen LogP contribution >= 0.6 is 11.3 Å². The Bertz CT molecular complexity index is 1030. The van der Waals surface area contributed by atoms with Gasteiger partial charge in [0.15, 0.2) is 5.13 Å². The summed E-state index contributed by atoms with van der Waals surface area (Å²) >= 11 is 1.54. The Balaban J connectivity index is 0.000000232. The molecule has 1 aromatic heterocycles. The average molecular weight is 450 g/mol. The van der Waals surface area contributed by atoms with Crippen molar-refractivity contribution >= 4 is 26.6 Å². The number of anilines is 1. The van der Waals surface area contributed by atoms with Crippen LogP contribution in [0.5, 0.6) is 0 Å². The summed E-state index contributed by atoms with van der Waals surface area (Å²) in [5, 5.41) is 6.21. The van der Waals surface area contributed by atoms with Gasteiger partial charge in [0, 0.05) is 10.8 Å². The van der Waals surface area contributed by atoms with Crippen LogP contribution in [0.4, 0.5) is 5.13 Å². The summed E-state index contributed by atoms with van der Waals surface area (Å²) in [5.41, 5.74) is 9.31. The molecule has 6 N–H and O–H groups in total. The standard InChI is InChI=1S/C14H17N3S.C7H8O3S.H2O/c15-13-17-12(10-18-13)14(6-8-16-9-7-14)11-4-2-1-3-5-11;1-6-2-4-7(5-3-6)11(8,9)10;/h1-5,10,16H,6-9H2,(H2,15,17);2-5H,1H3,(H,8,9,10);1H2. The Labute approximate surface area is 181 Å². The molecule has 0 atom stereocenters. The van der Waals surface area contributed by atoms with Crippen molar-refractivity contribution in [2.75, 3.05) is 18.8 Å². The molecule has 0 amide bonds. The third-order valence-electron chi connectivity index (χ3n) is 5.11. The second-order valence-electron chi connectivity index (χ2n) is 7.06. The summed E-state index contributed by atoms with van der Waals surface area (Å²) in [6.45, 7) is 3.91. The molecule has 1 saturated heterocycles. The normalized spacial score (nSPS) is 15.4. The molecule has 2 aromatic carbocycles. The lowest BCUT2D eigenvalue weighted by atomic mass is 9.71. The fourth-order valence-corrected chi connectivity index (χ4v) is 4.66. The average Bonchev–Trinajstić information content (AvgIpc) is 3.16. The molecule has 0 unspecified atom stereocenters. The van der Waals surface area contributed by atoms with E-state index in [1.54, 1.807) is 12.1 Å². The predicted octanol–water partition coefficient (Wildman–Crippen LogP) is 2.81. The zero-order valence-electron chi connectivity index (χ0n) is 16.7. The lowest BCUT2D eigenvalue weighted by molar-refractivity contribution is 0.356. The van der Waals surface area contributed by atoms with Crippen LogP contribution in [0.3, 0.4) is 0 Å². The van der Waals surface area contributed by atoms with Gasteiger partial charge in [-0.3, -0.25) is 4.55 Å². The molecule has 1 fully saturated rings. The van der Waals surface area contributed by atoms with Crippen molar-refractivity contribution in [2.24, 2.45) is 0 Å². The summed E-state index contributed by atoms with van der Waals surface area (Å²) in [6, 6.07) is 16.7. The Hall–Kier alpha value is -2.30. The number of rotatable bonds is 3. The van der Waals surface area contributed by atoms with E-state index >= 15 is 0 Å². The van der Waals surface area contributed by atoms with E-state index in [1.165, 1.54) is 29.0 Å². The number of hydrogen-bond donors (Lipinski definition) is 3. The van der Waals surface area contributed by atoms with Crippen LogP contribution < -0.4 is 11.1 Å². The van der Waals surface area contributed by atoms with Crippen molar-refractivity contribution in [1.29, 1.82) is 0 Å². The summed E-state index contributed by atoms with van der Waals surface area (Å²) < 4.78 is 29.6. The van der Waals surface area contributed by atoms with Crippen molar-refractivity contribution in [3.8, 4) is 0 Å². The number of nitrogens with two attached hydrogens (primary N) is 1. The first-order valence-corrected chi connectivity index (χ1v) is 11.7. The molecular weight excluding hydrogens is 422 g/mol. The van der Waals surface area contributed by atoms with E-state index in [0.29, 0.717) is 5.13 Å². The van der Waals surface area contributed by atoms with Gasteiger partial charge in [0.25, 0.3) is 10.1 Å². The third kappa shape index (κ3) is 5.65. The molecule has 9 heteroatoms. The second kappa shape index (κ2) is 10.1. The van der Waals surface area contributed by atoms with E-state index in [-0.39, 0.29) is 15.8 Å². The largest absolute Gasteiger partial charge is 0.412 e. The van der Waals surface area contributed by atoms with E-state index in [0.717, 1.165) is 37.2 Å². The minimum Gasteiger partial charge on any atom is -0.412 e. The summed E-state index contributed by atoms with van der Waals surface area (Å²) in [6.07, 6.45) is 2.17. The molecule has 0 aliphatic carbocycles. The molecule has 7 nitrogen and oxygen atoms in total. The highest BCUT2D eigenvalue weighted by molar-refractivity contribution is 7.85. The third-order valence-corrected chi connectivity index (χ3v) is 6.66. The number of piperidine rings is 1. The maximum absolute atomic E-state index is 10.5. The van der Waals surface area contributed by atoms with Gasteiger partial charge in [0.1, 0.15) is 0 Å². The van der Waals surface area contributed by atoms with E-state index in [9.17, 15) is 8.42 Å². The molecule has 4 rings (SSSR count). The monoisotopic (exact) mass is 449 g/mol. The van der Waals surface area contributed by atoms with Gasteiger partial charge < -0.3 is 16.5 Å². The van der Waals surface area contributed by atoms with Crippen LogP contribution in [-0.2, 0) is 15.5 Å². The van der Waals surface area contributed by atoms with Gasteiger partial charge in [-0.05, 0) is 50.6 Å². The molecule has 0 bridgehead atoms. The van der Waals surface area contributed by atoms with E-state index in [4.69, 9.17) is 10.3 Å². The van der Waals surface area contributed by atoms with Gasteiger partial charge in [-0.15, -0.1) is 11.3 Å². The van der Waals surface area contributed by atoms with Crippen LogP contribution in [0.2, 0.25) is 0 Å². The zero-order chi connectivity index (χ0) is 20.9. The number of benzene rings is 2. The molecule has 0 spiro atoms. The smallest absolute Gasteiger partial charge is 0.294 e. The number of hydrogen-bond acceptors (Lipinski definition) is 6. The van der Waals surface area contributed by atoms with Crippen molar-refractivity contribution in [3.05, 3.63) is 76.8 Å². The molecule has 0 saturated carbocycles. The van der Waals surface area contributed by atoms with Gasteiger partial charge >= 0.3 is 0 Å². The lowest BCUT2D eigenvalue weighted by Crippen LogP contribution is -2.41. The lowest BCUT2D eigenvalue weighted by Gasteiger charge is -2.37. The fraction of sp³-hybridized carbons (Fsp3) is 0.286. The maximum atomic E-state index is 10.5. The molecule has 1 aliphatic heterocycles. The highest BCUT2D eigenvalue weighted by Gasteiger charge is 2.37. The first-order valence-electron chi connectivity index (χ1n) is 9.33. The molecule has 2 heterocycles. The van der Waals surface area contributed by atoms with Gasteiger partial charge in [-0.25, -0.2) is 4.98 Å². The van der Waals surface area contributed by atoms with Gasteiger partial charge in [0.05, 0.1) is 10.6 Å². The minimum absolute atomic E-state index is 0. The van der Waals surface area contributed by atoms with Crippen LogP contribution in [0.15, 0.2) is 64.9 Å². The minimum atomic E-state index is -4.02. The number of nitrogen functional groups attached to an aromatic ring is 1. The van der Waals surface area contributed by atoms with Gasteiger partial charge in [-0.1, -0.05) is 48.0 Å². The predicted molar refractivity (Wildman–Crippen MR) is 120 cm³/mol. The molecule has 0 radical (unpaired) electrons. The van der Waals surface area contributed by atoms with Crippen molar-refractivity contribution in [3.63, 3.8) is 0 Å². The van der Waals surface area contributed by atoms with Gasteiger partial charge in [-0.2, -0.15) is 8.42 Å². The van der Waals surface area contributed by atoms with Crippen LogP contribution in [0, 0.1) is 6.92 Å². The quantitative estimate of drug-likeness (QED) is 0.526. The zero-order valence-corrected chi connectivity index (χ0v) is 18.3. The number of aromatic nitrogens is 1.